The van der Waals surface area contributed by atoms with E-state index < -0.39 is 29.0 Å². The highest BCUT2D eigenvalue weighted by Gasteiger charge is 2.51. The molecule has 3 heterocycles. The van der Waals surface area contributed by atoms with Crippen LogP contribution in [0, 0.1) is 12.7 Å². The van der Waals surface area contributed by atoms with Gasteiger partial charge in [0.25, 0.3) is 17.6 Å². The molecule has 1 aromatic heterocycles. The molecule has 1 fully saturated rings. The normalized spacial score (nSPS) is 17.8. The van der Waals surface area contributed by atoms with Crippen LogP contribution in [0.25, 0.3) is 0 Å². The van der Waals surface area contributed by atoms with Crippen LogP contribution >= 0.6 is 0 Å². The third-order valence-corrected chi connectivity index (χ3v) is 6.56. The van der Waals surface area contributed by atoms with E-state index in [2.05, 4.69) is 21.6 Å². The number of ketones is 1. The quantitative estimate of drug-likeness (QED) is 0.393. The van der Waals surface area contributed by atoms with Crippen molar-refractivity contribution < 1.29 is 18.8 Å². The SMILES string of the molecule is Cc1c(C(=O)C(=O)NC2(C3=CNNN3C)CC2)c2n(c1C(=O)Nc1ccc(F)cc1)CCC2. The van der Waals surface area contributed by atoms with Gasteiger partial charge in [0, 0.05) is 31.2 Å². The molecule has 33 heavy (non-hydrogen) atoms. The number of carbonyl (C=O) groups is 3. The molecule has 2 aliphatic heterocycles. The van der Waals surface area contributed by atoms with Crippen molar-refractivity contribution in [3.05, 3.63) is 64.5 Å². The van der Waals surface area contributed by atoms with Crippen molar-refractivity contribution in [3.63, 3.8) is 0 Å². The van der Waals surface area contributed by atoms with Gasteiger partial charge < -0.3 is 20.6 Å². The molecule has 4 N–H and O–H groups in total. The highest BCUT2D eigenvalue weighted by Crippen LogP contribution is 2.43. The van der Waals surface area contributed by atoms with Crippen molar-refractivity contribution in [1.29, 1.82) is 0 Å². The van der Waals surface area contributed by atoms with E-state index in [4.69, 9.17) is 0 Å². The number of rotatable bonds is 6. The summed E-state index contributed by atoms with van der Waals surface area (Å²) >= 11 is 0. The van der Waals surface area contributed by atoms with E-state index in [1.54, 1.807) is 18.1 Å². The van der Waals surface area contributed by atoms with E-state index in [1.807, 2.05) is 11.6 Å². The Morgan fingerprint density at radius 3 is 2.52 bits per heavy atom. The first-order chi connectivity index (χ1) is 15.8. The smallest absolute Gasteiger partial charge is 0.293 e. The van der Waals surface area contributed by atoms with Crippen LogP contribution in [0.4, 0.5) is 10.1 Å². The molecule has 1 saturated carbocycles. The number of nitrogens with zero attached hydrogens (tertiary/aromatic N) is 2. The molecule has 0 saturated heterocycles. The second kappa shape index (κ2) is 7.73. The summed E-state index contributed by atoms with van der Waals surface area (Å²) in [4.78, 5) is 39.4. The zero-order chi connectivity index (χ0) is 23.3. The average Bonchev–Trinajstić information content (AvgIpc) is 3.09. The minimum atomic E-state index is -0.678. The molecule has 172 valence electrons. The van der Waals surface area contributed by atoms with Gasteiger partial charge in [0.2, 0.25) is 0 Å². The predicted octanol–water partition coefficient (Wildman–Crippen LogP) is 1.76. The molecule has 2 amide bonds. The van der Waals surface area contributed by atoms with Crippen molar-refractivity contribution >= 4 is 23.3 Å². The molecule has 5 rings (SSSR count). The molecule has 9 nitrogen and oxygen atoms in total. The second-order valence-electron chi connectivity index (χ2n) is 8.72. The number of amides is 2. The Hall–Kier alpha value is -3.66. The summed E-state index contributed by atoms with van der Waals surface area (Å²) in [6, 6.07) is 5.48. The van der Waals surface area contributed by atoms with E-state index in [1.165, 1.54) is 24.3 Å². The van der Waals surface area contributed by atoms with E-state index in [0.717, 1.165) is 25.0 Å². The van der Waals surface area contributed by atoms with Crippen LogP contribution in [0.5, 0.6) is 0 Å². The van der Waals surface area contributed by atoms with Crippen LogP contribution in [0.3, 0.4) is 0 Å². The van der Waals surface area contributed by atoms with Crippen LogP contribution < -0.4 is 21.6 Å². The largest absolute Gasteiger partial charge is 0.340 e. The summed E-state index contributed by atoms with van der Waals surface area (Å²) in [6.07, 6.45) is 4.66. The maximum absolute atomic E-state index is 13.3. The van der Waals surface area contributed by atoms with Crippen molar-refractivity contribution in [2.75, 3.05) is 12.4 Å². The van der Waals surface area contributed by atoms with Crippen LogP contribution in [-0.2, 0) is 17.8 Å². The average molecular weight is 452 g/mol. The number of hydrogen-bond donors (Lipinski definition) is 4. The molecule has 0 atom stereocenters. The molecule has 10 heteroatoms. The molecule has 1 aromatic carbocycles. The molecule has 0 spiro atoms. The topological polar surface area (TPSA) is 108 Å². The van der Waals surface area contributed by atoms with E-state index in [9.17, 15) is 18.8 Å². The number of anilines is 1. The third-order valence-electron chi connectivity index (χ3n) is 6.56. The number of hydrazine groups is 2. The first-order valence-electron chi connectivity index (χ1n) is 10.9. The number of aromatic nitrogens is 1. The van der Waals surface area contributed by atoms with Gasteiger partial charge in [0.15, 0.2) is 0 Å². The summed E-state index contributed by atoms with van der Waals surface area (Å²) in [5.41, 5.74) is 8.40. The van der Waals surface area contributed by atoms with Crippen molar-refractivity contribution in [2.45, 2.75) is 44.7 Å². The maximum Gasteiger partial charge on any atom is 0.293 e. The molecule has 3 aliphatic rings. The number of likely N-dealkylation sites (N-methyl/N-ethyl adjacent to an activating group) is 1. The highest BCUT2D eigenvalue weighted by atomic mass is 19.1. The van der Waals surface area contributed by atoms with Crippen LogP contribution in [-0.4, -0.2) is 39.8 Å². The van der Waals surface area contributed by atoms with Crippen molar-refractivity contribution in [3.8, 4) is 0 Å². The summed E-state index contributed by atoms with van der Waals surface area (Å²) in [5.74, 6) is -2.10. The lowest BCUT2D eigenvalue weighted by molar-refractivity contribution is -0.117. The monoisotopic (exact) mass is 452 g/mol. The molecule has 0 bridgehead atoms. The van der Waals surface area contributed by atoms with Gasteiger partial charge in [-0.1, -0.05) is 0 Å². The first-order valence-corrected chi connectivity index (χ1v) is 10.9. The van der Waals surface area contributed by atoms with Gasteiger partial charge in [0.05, 0.1) is 16.8 Å². The molecule has 2 aromatic rings. The van der Waals surface area contributed by atoms with E-state index in [0.29, 0.717) is 41.2 Å². The Morgan fingerprint density at radius 2 is 1.88 bits per heavy atom. The number of halogens is 1. The lowest BCUT2D eigenvalue weighted by Crippen LogP contribution is -2.47. The van der Waals surface area contributed by atoms with Gasteiger partial charge in [-0.15, -0.1) is 5.53 Å². The summed E-state index contributed by atoms with van der Waals surface area (Å²) in [7, 11) is 1.83. The second-order valence-corrected chi connectivity index (χ2v) is 8.72. The maximum atomic E-state index is 13.3. The van der Waals surface area contributed by atoms with Gasteiger partial charge in [-0.05, 0) is 62.4 Å². The zero-order valence-corrected chi connectivity index (χ0v) is 18.4. The Kier molecular flexibility index (Phi) is 4.97. The number of nitrogens with one attached hydrogen (secondary N) is 4. The van der Waals surface area contributed by atoms with E-state index in [-0.39, 0.29) is 0 Å². The fourth-order valence-corrected chi connectivity index (χ4v) is 4.81. The Morgan fingerprint density at radius 1 is 1.15 bits per heavy atom. The molecular weight excluding hydrogens is 427 g/mol. The van der Waals surface area contributed by atoms with Gasteiger partial charge in [-0.25, -0.2) is 4.39 Å². The van der Waals surface area contributed by atoms with E-state index >= 15 is 0 Å². The summed E-state index contributed by atoms with van der Waals surface area (Å²) in [6.45, 7) is 2.29. The summed E-state index contributed by atoms with van der Waals surface area (Å²) in [5, 5.41) is 7.45. The Bertz CT molecular complexity index is 1200. The Labute approximate surface area is 189 Å². The molecular formula is C23H25FN6O3. The Balaban J connectivity index is 1.41. The van der Waals surface area contributed by atoms with Crippen LogP contribution in [0.2, 0.25) is 0 Å². The standard InChI is InChI=1S/C23H25FN6O3/c1-13-18(20(31)22(33)27-23(9-10-23)17-12-25-28-29(17)2)16-4-3-11-30(16)19(13)21(32)26-15-7-5-14(24)6-8-15/h5-8,12,25,28H,3-4,9-11H2,1-2H3,(H,26,32)(H,27,33). The van der Waals surface area contributed by atoms with Crippen molar-refractivity contribution in [2.24, 2.45) is 0 Å². The van der Waals surface area contributed by atoms with Crippen LogP contribution in [0.1, 0.15) is 51.4 Å². The summed E-state index contributed by atoms with van der Waals surface area (Å²) < 4.78 is 15.0. The lowest BCUT2D eigenvalue weighted by Gasteiger charge is -2.24. The number of benzene rings is 1. The fraction of sp³-hybridized carbons (Fsp3) is 0.348. The molecule has 1 aliphatic carbocycles. The number of hydrogen-bond acceptors (Lipinski definition) is 6. The van der Waals surface area contributed by atoms with Crippen LogP contribution in [0.15, 0.2) is 36.2 Å². The minimum Gasteiger partial charge on any atom is -0.340 e. The fourth-order valence-electron chi connectivity index (χ4n) is 4.81. The third kappa shape index (κ3) is 3.56. The molecule has 0 radical (unpaired) electrons. The lowest BCUT2D eigenvalue weighted by atomic mass is 10.0. The predicted molar refractivity (Wildman–Crippen MR) is 118 cm³/mol. The van der Waals surface area contributed by atoms with Gasteiger partial charge >= 0.3 is 0 Å². The first kappa shape index (κ1) is 21.2. The van der Waals surface area contributed by atoms with Gasteiger partial charge in [-0.2, -0.15) is 0 Å². The van der Waals surface area contributed by atoms with Gasteiger partial charge in [-0.3, -0.25) is 19.4 Å². The number of carbonyl (C=O) groups excluding carboxylic acids is 3. The molecule has 0 unspecified atom stereocenters. The van der Waals surface area contributed by atoms with Gasteiger partial charge in [0.1, 0.15) is 11.5 Å². The highest BCUT2D eigenvalue weighted by molar-refractivity contribution is 6.44. The number of fused-ring (bicyclic) bond motifs is 1. The number of Topliss-reactive ketones (excluding diaryl/α,β-unsaturated/α-hetero) is 1. The zero-order valence-electron chi connectivity index (χ0n) is 18.4. The van der Waals surface area contributed by atoms with Crippen molar-refractivity contribution in [1.82, 2.24) is 25.9 Å². The minimum absolute atomic E-state index is 0.301.